The lowest BCUT2D eigenvalue weighted by atomic mass is 10.1. The van der Waals surface area contributed by atoms with Gasteiger partial charge in [-0.05, 0) is 12.1 Å². The van der Waals surface area contributed by atoms with E-state index < -0.39 is 5.91 Å². The lowest BCUT2D eigenvalue weighted by molar-refractivity contribution is 0.0998. The van der Waals surface area contributed by atoms with E-state index in [1.165, 1.54) is 12.1 Å². The van der Waals surface area contributed by atoms with Gasteiger partial charge in [0.1, 0.15) is 5.56 Å². The van der Waals surface area contributed by atoms with E-state index in [1.807, 2.05) is 0 Å². The van der Waals surface area contributed by atoms with Gasteiger partial charge in [-0.1, -0.05) is 11.6 Å². The van der Waals surface area contributed by atoms with Gasteiger partial charge in [0.25, 0.3) is 5.91 Å². The van der Waals surface area contributed by atoms with Gasteiger partial charge in [0.2, 0.25) is 0 Å². The predicted molar refractivity (Wildman–Crippen MR) is 46.0 cm³/mol. The maximum Gasteiger partial charge on any atom is 0.254 e. The Morgan fingerprint density at radius 3 is 2.50 bits per heavy atom. The molecule has 0 heterocycles. The topological polar surface area (TPSA) is 89.3 Å². The number of primary amides is 1. The van der Waals surface area contributed by atoms with Crippen LogP contribution >= 0.6 is 11.6 Å². The standard InChI is InChI=1S/C7H7ClN2O2/c8-3-1-2-4(9)6(11)5(3)7(10)12/h1-2,11H,9H2,(H2,10,12). The summed E-state index contributed by atoms with van der Waals surface area (Å²) in [5.41, 5.74) is 10.2. The summed E-state index contributed by atoms with van der Waals surface area (Å²) in [4.78, 5) is 10.7. The minimum atomic E-state index is -0.801. The number of benzene rings is 1. The minimum Gasteiger partial charge on any atom is -0.505 e. The molecule has 0 unspecified atom stereocenters. The molecule has 0 radical (unpaired) electrons. The Balaban J connectivity index is 3.43. The molecule has 5 heteroatoms. The molecule has 0 atom stereocenters. The van der Waals surface area contributed by atoms with Crippen LogP contribution < -0.4 is 11.5 Å². The molecule has 12 heavy (non-hydrogen) atoms. The number of hydrogen-bond donors (Lipinski definition) is 3. The Bertz CT molecular complexity index is 338. The highest BCUT2D eigenvalue weighted by Crippen LogP contribution is 2.30. The monoisotopic (exact) mass is 186 g/mol. The van der Waals surface area contributed by atoms with E-state index in [0.29, 0.717) is 0 Å². The summed E-state index contributed by atoms with van der Waals surface area (Å²) in [7, 11) is 0. The first kappa shape index (κ1) is 8.67. The molecular weight excluding hydrogens is 180 g/mol. The van der Waals surface area contributed by atoms with E-state index in [-0.39, 0.29) is 22.0 Å². The van der Waals surface area contributed by atoms with Gasteiger partial charge in [-0.15, -0.1) is 0 Å². The zero-order valence-electron chi connectivity index (χ0n) is 6.04. The number of carbonyl (C=O) groups is 1. The first-order chi connectivity index (χ1) is 5.54. The summed E-state index contributed by atoms with van der Waals surface area (Å²) < 4.78 is 0. The third-order valence-electron chi connectivity index (χ3n) is 1.40. The molecule has 0 aliphatic rings. The third-order valence-corrected chi connectivity index (χ3v) is 1.72. The largest absolute Gasteiger partial charge is 0.505 e. The summed E-state index contributed by atoms with van der Waals surface area (Å²) in [6.07, 6.45) is 0. The summed E-state index contributed by atoms with van der Waals surface area (Å²) in [6.45, 7) is 0. The van der Waals surface area contributed by atoms with E-state index >= 15 is 0 Å². The predicted octanol–water partition coefficient (Wildman–Crippen LogP) is 0.727. The van der Waals surface area contributed by atoms with Gasteiger partial charge in [-0.2, -0.15) is 0 Å². The number of carbonyl (C=O) groups excluding carboxylic acids is 1. The second-order valence-corrected chi connectivity index (χ2v) is 2.63. The first-order valence-electron chi connectivity index (χ1n) is 3.10. The number of halogens is 1. The van der Waals surface area contributed by atoms with Crippen molar-refractivity contribution in [1.82, 2.24) is 0 Å². The fourth-order valence-electron chi connectivity index (χ4n) is 0.817. The number of hydrogen-bond acceptors (Lipinski definition) is 3. The van der Waals surface area contributed by atoms with Crippen LogP contribution in [0.4, 0.5) is 5.69 Å². The molecule has 0 aliphatic carbocycles. The van der Waals surface area contributed by atoms with Gasteiger partial charge < -0.3 is 16.6 Å². The highest BCUT2D eigenvalue weighted by molar-refractivity contribution is 6.34. The van der Waals surface area contributed by atoms with Crippen LogP contribution in [0.15, 0.2) is 12.1 Å². The number of aromatic hydroxyl groups is 1. The lowest BCUT2D eigenvalue weighted by Crippen LogP contribution is -2.12. The SMILES string of the molecule is NC(=O)c1c(Cl)ccc(N)c1O. The molecule has 4 nitrogen and oxygen atoms in total. The zero-order chi connectivity index (χ0) is 9.30. The van der Waals surface area contributed by atoms with E-state index in [1.54, 1.807) is 0 Å². The van der Waals surface area contributed by atoms with Gasteiger partial charge in [-0.25, -0.2) is 0 Å². The molecule has 1 amide bonds. The molecule has 64 valence electrons. The molecule has 0 spiro atoms. The van der Waals surface area contributed by atoms with Crippen LogP contribution in [0.2, 0.25) is 5.02 Å². The van der Waals surface area contributed by atoms with E-state index in [2.05, 4.69) is 0 Å². The Morgan fingerprint density at radius 2 is 2.08 bits per heavy atom. The van der Waals surface area contributed by atoms with Gasteiger partial charge >= 0.3 is 0 Å². The average Bonchev–Trinajstić information content (AvgIpc) is 1.97. The zero-order valence-corrected chi connectivity index (χ0v) is 6.80. The van der Waals surface area contributed by atoms with Crippen molar-refractivity contribution in [3.63, 3.8) is 0 Å². The first-order valence-corrected chi connectivity index (χ1v) is 3.48. The summed E-state index contributed by atoms with van der Waals surface area (Å²) in [5.74, 6) is -1.17. The van der Waals surface area contributed by atoms with Gasteiger partial charge in [0.15, 0.2) is 5.75 Å². The second kappa shape index (κ2) is 2.91. The normalized spacial score (nSPS) is 9.75. The Kier molecular flexibility index (Phi) is 2.10. The molecule has 1 aromatic carbocycles. The molecule has 0 aliphatic heterocycles. The number of nitrogens with two attached hydrogens (primary N) is 2. The highest BCUT2D eigenvalue weighted by Gasteiger charge is 2.14. The van der Waals surface area contributed by atoms with Crippen molar-refractivity contribution in [2.45, 2.75) is 0 Å². The molecule has 1 rings (SSSR count). The minimum absolute atomic E-state index is 0.0770. The molecule has 0 aromatic heterocycles. The summed E-state index contributed by atoms with van der Waals surface area (Å²) in [6, 6.07) is 2.79. The van der Waals surface area contributed by atoms with Crippen LogP contribution in [-0.4, -0.2) is 11.0 Å². The van der Waals surface area contributed by atoms with Gasteiger partial charge in [0.05, 0.1) is 10.7 Å². The third kappa shape index (κ3) is 1.29. The molecule has 0 saturated carbocycles. The summed E-state index contributed by atoms with van der Waals surface area (Å²) >= 11 is 5.58. The van der Waals surface area contributed by atoms with Crippen molar-refractivity contribution in [3.8, 4) is 5.75 Å². The fourth-order valence-corrected chi connectivity index (χ4v) is 1.06. The van der Waals surface area contributed by atoms with Crippen LogP contribution in [0, 0.1) is 0 Å². The van der Waals surface area contributed by atoms with E-state index in [4.69, 9.17) is 23.1 Å². The fraction of sp³-hybridized carbons (Fsp3) is 0. The molecular formula is C7H7ClN2O2. The van der Waals surface area contributed by atoms with Crippen LogP contribution in [0.1, 0.15) is 10.4 Å². The van der Waals surface area contributed by atoms with Crippen molar-refractivity contribution < 1.29 is 9.90 Å². The number of nitrogen functional groups attached to an aromatic ring is 1. The second-order valence-electron chi connectivity index (χ2n) is 2.22. The van der Waals surface area contributed by atoms with E-state index in [0.717, 1.165) is 0 Å². The van der Waals surface area contributed by atoms with Crippen LogP contribution in [0.5, 0.6) is 5.75 Å². The molecule has 0 fully saturated rings. The number of rotatable bonds is 1. The Morgan fingerprint density at radius 1 is 1.50 bits per heavy atom. The van der Waals surface area contributed by atoms with Crippen LogP contribution in [0.25, 0.3) is 0 Å². The van der Waals surface area contributed by atoms with Crippen molar-refractivity contribution in [1.29, 1.82) is 0 Å². The molecule has 1 aromatic rings. The Hall–Kier alpha value is -1.42. The number of anilines is 1. The highest BCUT2D eigenvalue weighted by atomic mass is 35.5. The maximum atomic E-state index is 10.7. The average molecular weight is 187 g/mol. The van der Waals surface area contributed by atoms with Crippen LogP contribution in [0.3, 0.4) is 0 Å². The van der Waals surface area contributed by atoms with Gasteiger partial charge in [0, 0.05) is 0 Å². The Labute approximate surface area is 73.7 Å². The molecule has 5 N–H and O–H groups in total. The smallest absolute Gasteiger partial charge is 0.254 e. The summed E-state index contributed by atoms with van der Waals surface area (Å²) in [5, 5.41) is 9.33. The van der Waals surface area contributed by atoms with Crippen LogP contribution in [-0.2, 0) is 0 Å². The lowest BCUT2D eigenvalue weighted by Gasteiger charge is -2.04. The van der Waals surface area contributed by atoms with Crippen molar-refractivity contribution in [2.24, 2.45) is 5.73 Å². The van der Waals surface area contributed by atoms with Gasteiger partial charge in [-0.3, -0.25) is 4.79 Å². The number of amides is 1. The number of phenols is 1. The van der Waals surface area contributed by atoms with Crippen molar-refractivity contribution >= 4 is 23.2 Å². The maximum absolute atomic E-state index is 10.7. The quantitative estimate of drug-likeness (QED) is 0.446. The van der Waals surface area contributed by atoms with Crippen molar-refractivity contribution in [3.05, 3.63) is 22.7 Å². The van der Waals surface area contributed by atoms with E-state index in [9.17, 15) is 9.90 Å². The molecule has 0 bridgehead atoms. The van der Waals surface area contributed by atoms with Crippen molar-refractivity contribution in [2.75, 3.05) is 5.73 Å². The molecule has 0 saturated heterocycles.